The lowest BCUT2D eigenvalue weighted by atomic mass is 9.96. The Labute approximate surface area is 175 Å². The van der Waals surface area contributed by atoms with Gasteiger partial charge in [0.15, 0.2) is 0 Å². The van der Waals surface area contributed by atoms with Gasteiger partial charge in [-0.3, -0.25) is 14.8 Å². The van der Waals surface area contributed by atoms with E-state index in [0.717, 1.165) is 22.0 Å². The number of aryl methyl sites for hydroxylation is 1. The number of ether oxygens (including phenoxy) is 1. The molecule has 29 heavy (non-hydrogen) atoms. The molecular weight excluding hydrogens is 382 g/mol. The van der Waals surface area contributed by atoms with Gasteiger partial charge < -0.3 is 10.1 Å². The van der Waals surface area contributed by atoms with Crippen molar-refractivity contribution in [3.8, 4) is 18.1 Å². The van der Waals surface area contributed by atoms with Crippen LogP contribution in [0.25, 0.3) is 10.9 Å². The van der Waals surface area contributed by atoms with Crippen LogP contribution in [0.2, 0.25) is 0 Å². The minimum Gasteiger partial charge on any atom is -0.470 e. The van der Waals surface area contributed by atoms with E-state index in [1.165, 1.54) is 11.8 Å². The number of rotatable bonds is 6. The molecule has 0 spiro atoms. The molecule has 1 atom stereocenters. The Morgan fingerprint density at radius 2 is 2.10 bits per heavy atom. The Kier molecular flexibility index (Phi) is 6.09. The van der Waals surface area contributed by atoms with Gasteiger partial charge in [0.05, 0.1) is 11.1 Å². The molecule has 0 bridgehead atoms. The maximum absolute atomic E-state index is 12.9. The number of amides is 1. The molecule has 148 valence electrons. The number of hydrogen-bond acceptors (Lipinski definition) is 5. The molecule has 0 saturated heterocycles. The first-order valence-electron chi connectivity index (χ1n) is 9.13. The fourth-order valence-corrected chi connectivity index (χ4v) is 3.53. The summed E-state index contributed by atoms with van der Waals surface area (Å²) < 4.78 is 6.03. The number of thioether (sulfide) groups is 1. The smallest absolute Gasteiger partial charge is 0.272 e. The summed E-state index contributed by atoms with van der Waals surface area (Å²) >= 11 is 1.33. The third-order valence-electron chi connectivity index (χ3n) is 4.60. The lowest BCUT2D eigenvalue weighted by molar-refractivity contribution is -0.126. The fourth-order valence-electron chi connectivity index (χ4n) is 3.05. The van der Waals surface area contributed by atoms with Crippen LogP contribution in [0, 0.1) is 19.3 Å². The summed E-state index contributed by atoms with van der Waals surface area (Å²) in [6.45, 7) is 5.83. The van der Waals surface area contributed by atoms with Crippen LogP contribution >= 0.6 is 11.8 Å². The van der Waals surface area contributed by atoms with Crippen molar-refractivity contribution >= 4 is 28.6 Å². The van der Waals surface area contributed by atoms with Crippen LogP contribution in [-0.2, 0) is 10.3 Å². The average Bonchev–Trinajstić information content (AvgIpc) is 2.71. The van der Waals surface area contributed by atoms with Crippen molar-refractivity contribution in [1.82, 2.24) is 15.3 Å². The van der Waals surface area contributed by atoms with Gasteiger partial charge >= 0.3 is 0 Å². The number of hydrogen-bond donors (Lipinski definition) is 1. The topological polar surface area (TPSA) is 64.1 Å². The molecule has 0 aliphatic heterocycles. The van der Waals surface area contributed by atoms with Crippen LogP contribution in [0.4, 0.5) is 0 Å². The van der Waals surface area contributed by atoms with Gasteiger partial charge in [-0.05, 0) is 62.4 Å². The van der Waals surface area contributed by atoms with Crippen LogP contribution in [-0.4, -0.2) is 27.6 Å². The van der Waals surface area contributed by atoms with Gasteiger partial charge in [-0.1, -0.05) is 12.0 Å². The predicted octanol–water partition coefficient (Wildman–Crippen LogP) is 4.04. The molecule has 3 rings (SSSR count). The minimum absolute atomic E-state index is 0.209. The molecule has 2 aromatic heterocycles. The van der Waals surface area contributed by atoms with Crippen molar-refractivity contribution < 1.29 is 9.53 Å². The van der Waals surface area contributed by atoms with Gasteiger partial charge in [0.1, 0.15) is 5.75 Å². The molecular formula is C23H23N3O2S. The van der Waals surface area contributed by atoms with E-state index in [9.17, 15) is 4.79 Å². The SMILES string of the molecule is C#Cc1cnc2c(C)cc(OC(SC)C(=O)NC(C)(C)c3cccnc3)cc2c1. The van der Waals surface area contributed by atoms with Crippen LogP contribution in [0.3, 0.4) is 0 Å². The summed E-state index contributed by atoms with van der Waals surface area (Å²) in [7, 11) is 0. The number of pyridine rings is 2. The second-order valence-electron chi connectivity index (χ2n) is 7.22. The molecule has 0 aliphatic carbocycles. The van der Waals surface area contributed by atoms with Crippen molar-refractivity contribution in [1.29, 1.82) is 0 Å². The van der Waals surface area contributed by atoms with Gasteiger partial charge in [-0.25, -0.2) is 0 Å². The number of carbonyl (C=O) groups excluding carboxylic acids is 1. The average molecular weight is 406 g/mol. The van der Waals surface area contributed by atoms with Crippen molar-refractivity contribution in [2.24, 2.45) is 0 Å². The highest BCUT2D eigenvalue weighted by atomic mass is 32.2. The van der Waals surface area contributed by atoms with Crippen molar-refractivity contribution in [3.05, 3.63) is 65.6 Å². The zero-order valence-corrected chi connectivity index (χ0v) is 17.7. The fraction of sp³-hybridized carbons (Fsp3) is 0.261. The molecule has 1 N–H and O–H groups in total. The largest absolute Gasteiger partial charge is 0.470 e. The highest BCUT2D eigenvalue weighted by Crippen LogP contribution is 2.27. The van der Waals surface area contributed by atoms with Gasteiger partial charge in [0.25, 0.3) is 5.91 Å². The molecule has 0 radical (unpaired) electrons. The normalized spacial score (nSPS) is 12.2. The minimum atomic E-state index is -0.702. The summed E-state index contributed by atoms with van der Waals surface area (Å²) in [4.78, 5) is 21.5. The van der Waals surface area contributed by atoms with Crippen molar-refractivity contribution in [2.75, 3.05) is 6.26 Å². The third-order valence-corrected chi connectivity index (χ3v) is 5.34. The highest BCUT2D eigenvalue weighted by Gasteiger charge is 2.28. The number of carbonyl (C=O) groups is 1. The predicted molar refractivity (Wildman–Crippen MR) is 118 cm³/mol. The monoisotopic (exact) mass is 405 g/mol. The zero-order chi connectivity index (χ0) is 21.0. The summed E-state index contributed by atoms with van der Waals surface area (Å²) in [6.07, 6.45) is 12.5. The summed E-state index contributed by atoms with van der Waals surface area (Å²) in [5, 5.41) is 3.93. The molecule has 2 heterocycles. The highest BCUT2D eigenvalue weighted by molar-refractivity contribution is 7.99. The number of nitrogens with zero attached hydrogens (tertiary/aromatic N) is 2. The number of aromatic nitrogens is 2. The summed E-state index contributed by atoms with van der Waals surface area (Å²) in [5.41, 5.74) is 2.16. The zero-order valence-electron chi connectivity index (χ0n) is 16.9. The molecule has 3 aromatic rings. The molecule has 0 fully saturated rings. The summed E-state index contributed by atoms with van der Waals surface area (Å²) in [6, 6.07) is 9.42. The first-order chi connectivity index (χ1) is 13.8. The van der Waals surface area contributed by atoms with E-state index in [2.05, 4.69) is 21.2 Å². The Morgan fingerprint density at radius 1 is 1.31 bits per heavy atom. The van der Waals surface area contributed by atoms with Crippen LogP contribution in [0.15, 0.2) is 48.9 Å². The van der Waals surface area contributed by atoms with Gasteiger partial charge in [-0.15, -0.1) is 18.2 Å². The lowest BCUT2D eigenvalue weighted by Gasteiger charge is -2.28. The Hall–Kier alpha value is -3.04. The standard InChI is InChI=1S/C23H23N3O2S/c1-6-16-11-17-12-19(10-15(2)20(17)25-13-16)28-22(29-5)21(27)26-23(3,4)18-8-7-9-24-14-18/h1,7-14,22H,2-5H3,(H,26,27). The maximum Gasteiger partial charge on any atom is 0.272 e. The van der Waals surface area contributed by atoms with Crippen LogP contribution in [0.1, 0.15) is 30.5 Å². The molecule has 1 amide bonds. The third kappa shape index (κ3) is 4.69. The van der Waals surface area contributed by atoms with Crippen molar-refractivity contribution in [3.63, 3.8) is 0 Å². The first kappa shape index (κ1) is 20.7. The van der Waals surface area contributed by atoms with E-state index in [-0.39, 0.29) is 5.91 Å². The van der Waals surface area contributed by atoms with Gasteiger partial charge in [0, 0.05) is 29.5 Å². The Balaban J connectivity index is 1.82. The molecule has 5 nitrogen and oxygen atoms in total. The second kappa shape index (κ2) is 8.54. The number of benzene rings is 1. The van der Waals surface area contributed by atoms with E-state index in [0.29, 0.717) is 11.3 Å². The van der Waals surface area contributed by atoms with Crippen molar-refractivity contribution in [2.45, 2.75) is 31.7 Å². The van der Waals surface area contributed by atoms with E-state index in [1.54, 1.807) is 18.6 Å². The van der Waals surface area contributed by atoms with Gasteiger partial charge in [0.2, 0.25) is 5.44 Å². The second-order valence-corrected chi connectivity index (χ2v) is 8.12. The molecule has 1 aromatic carbocycles. The number of fused-ring (bicyclic) bond motifs is 1. The quantitative estimate of drug-likeness (QED) is 0.495. The van der Waals surface area contributed by atoms with Crippen LogP contribution < -0.4 is 10.1 Å². The lowest BCUT2D eigenvalue weighted by Crippen LogP contribution is -2.46. The van der Waals surface area contributed by atoms with E-state index < -0.39 is 11.0 Å². The number of terminal acetylenes is 1. The Morgan fingerprint density at radius 3 is 2.76 bits per heavy atom. The molecule has 1 unspecified atom stereocenters. The Bertz CT molecular complexity index is 1070. The molecule has 0 aliphatic rings. The summed E-state index contributed by atoms with van der Waals surface area (Å²) in [5.74, 6) is 2.98. The molecule has 0 saturated carbocycles. The van der Waals surface area contributed by atoms with Crippen LogP contribution in [0.5, 0.6) is 5.75 Å². The maximum atomic E-state index is 12.9. The van der Waals surface area contributed by atoms with E-state index in [4.69, 9.17) is 11.2 Å². The van der Waals surface area contributed by atoms with E-state index >= 15 is 0 Å². The number of nitrogens with one attached hydrogen (secondary N) is 1. The first-order valence-corrected chi connectivity index (χ1v) is 10.4. The van der Waals surface area contributed by atoms with E-state index in [1.807, 2.05) is 57.4 Å². The molecule has 6 heteroatoms. The van der Waals surface area contributed by atoms with Gasteiger partial charge in [-0.2, -0.15) is 0 Å².